The summed E-state index contributed by atoms with van der Waals surface area (Å²) < 4.78 is 3.01. The molecule has 0 amide bonds. The highest BCUT2D eigenvalue weighted by Crippen LogP contribution is 2.35. The number of nitrogens with zero attached hydrogens (tertiary/aromatic N) is 3. The van der Waals surface area contributed by atoms with E-state index in [1.54, 1.807) is 17.4 Å². The maximum absolute atomic E-state index is 13.4. The SMILES string of the molecule is CC(O)c1ccc2c(ccc3c2c2cccc4c(=O)n(CCN(C)C)c(=O)n3c42)c1.Cl. The molecule has 5 rings (SSSR count). The molecule has 5 aromatic rings. The number of likely N-dealkylation sites (N-methyl/N-ethyl adjacent to an activating group) is 1. The molecular formula is C24H24ClN3O3. The zero-order valence-electron chi connectivity index (χ0n) is 17.6. The highest BCUT2D eigenvalue weighted by atomic mass is 35.5. The van der Waals surface area contributed by atoms with Crippen molar-refractivity contribution in [3.8, 4) is 0 Å². The van der Waals surface area contributed by atoms with Crippen molar-refractivity contribution in [2.75, 3.05) is 20.6 Å². The predicted molar refractivity (Wildman–Crippen MR) is 128 cm³/mol. The van der Waals surface area contributed by atoms with Gasteiger partial charge in [-0.25, -0.2) is 4.79 Å². The molecule has 0 fully saturated rings. The second kappa shape index (κ2) is 7.64. The van der Waals surface area contributed by atoms with Crippen LogP contribution >= 0.6 is 12.4 Å². The predicted octanol–water partition coefficient (Wildman–Crippen LogP) is 3.40. The minimum Gasteiger partial charge on any atom is -0.389 e. The van der Waals surface area contributed by atoms with Gasteiger partial charge in [-0.05, 0) is 55.6 Å². The summed E-state index contributed by atoms with van der Waals surface area (Å²) in [5, 5.41) is 14.3. The number of rotatable bonds is 4. The van der Waals surface area contributed by atoms with Crippen LogP contribution in [0.2, 0.25) is 0 Å². The van der Waals surface area contributed by atoms with E-state index in [-0.39, 0.29) is 23.7 Å². The fraction of sp³-hybridized carbons (Fsp3) is 0.250. The van der Waals surface area contributed by atoms with Crippen LogP contribution in [0, 0.1) is 0 Å². The third-order valence-electron chi connectivity index (χ3n) is 5.94. The van der Waals surface area contributed by atoms with Gasteiger partial charge < -0.3 is 10.0 Å². The van der Waals surface area contributed by atoms with Crippen LogP contribution in [0.1, 0.15) is 18.6 Å². The maximum Gasteiger partial charge on any atom is 0.336 e. The molecule has 2 heterocycles. The molecule has 0 saturated heterocycles. The first kappa shape index (κ1) is 21.3. The number of benzene rings is 3. The molecule has 160 valence electrons. The van der Waals surface area contributed by atoms with E-state index >= 15 is 0 Å². The van der Waals surface area contributed by atoms with E-state index in [2.05, 4.69) is 0 Å². The Morgan fingerprint density at radius 3 is 2.45 bits per heavy atom. The Balaban J connectivity index is 0.00000231. The van der Waals surface area contributed by atoms with E-state index in [4.69, 9.17) is 0 Å². The Morgan fingerprint density at radius 2 is 1.74 bits per heavy atom. The monoisotopic (exact) mass is 437 g/mol. The third-order valence-corrected chi connectivity index (χ3v) is 5.94. The summed E-state index contributed by atoms with van der Waals surface area (Å²) in [4.78, 5) is 28.5. The molecule has 0 bridgehead atoms. The maximum atomic E-state index is 13.4. The first-order valence-electron chi connectivity index (χ1n) is 10.1. The van der Waals surface area contributed by atoms with E-state index in [1.807, 2.05) is 61.5 Å². The van der Waals surface area contributed by atoms with Crippen LogP contribution in [0.15, 0.2) is 58.1 Å². The lowest BCUT2D eigenvalue weighted by Crippen LogP contribution is -2.39. The van der Waals surface area contributed by atoms with Gasteiger partial charge in [-0.2, -0.15) is 0 Å². The number of fused-ring (bicyclic) bond motifs is 5. The number of aliphatic hydroxyl groups is 1. The highest BCUT2D eigenvalue weighted by Gasteiger charge is 2.20. The van der Waals surface area contributed by atoms with Gasteiger partial charge in [0.05, 0.1) is 22.5 Å². The van der Waals surface area contributed by atoms with Gasteiger partial charge >= 0.3 is 5.69 Å². The molecule has 6 nitrogen and oxygen atoms in total. The summed E-state index contributed by atoms with van der Waals surface area (Å²) in [5.74, 6) is 0. The van der Waals surface area contributed by atoms with E-state index < -0.39 is 6.10 Å². The minimum atomic E-state index is -0.551. The Bertz CT molecular complexity index is 1550. The number of hydrogen-bond donors (Lipinski definition) is 1. The Kier molecular flexibility index (Phi) is 5.25. The quantitative estimate of drug-likeness (QED) is 0.468. The minimum absolute atomic E-state index is 0. The van der Waals surface area contributed by atoms with Crippen LogP contribution in [0.25, 0.3) is 38.0 Å². The van der Waals surface area contributed by atoms with Gasteiger partial charge in [0.1, 0.15) is 0 Å². The van der Waals surface area contributed by atoms with Crippen LogP contribution < -0.4 is 11.2 Å². The van der Waals surface area contributed by atoms with Crippen molar-refractivity contribution in [3.63, 3.8) is 0 Å². The number of hydrogen-bond acceptors (Lipinski definition) is 4. The average Bonchev–Trinajstić information content (AvgIpc) is 3.07. The molecule has 31 heavy (non-hydrogen) atoms. The average molecular weight is 438 g/mol. The highest BCUT2D eigenvalue weighted by molar-refractivity contribution is 6.23. The number of para-hydroxylation sites is 1. The molecule has 7 heteroatoms. The Hall–Kier alpha value is -2.93. The second-order valence-electron chi connectivity index (χ2n) is 8.20. The van der Waals surface area contributed by atoms with Crippen LogP contribution in [-0.4, -0.2) is 39.6 Å². The van der Waals surface area contributed by atoms with Gasteiger partial charge in [0.2, 0.25) is 0 Å². The largest absolute Gasteiger partial charge is 0.389 e. The second-order valence-corrected chi connectivity index (χ2v) is 8.20. The van der Waals surface area contributed by atoms with E-state index in [0.29, 0.717) is 24.0 Å². The lowest BCUT2D eigenvalue weighted by molar-refractivity contribution is 0.199. The number of aromatic nitrogens is 2. The van der Waals surface area contributed by atoms with Gasteiger partial charge in [0, 0.05) is 23.9 Å². The van der Waals surface area contributed by atoms with Crippen LogP contribution in [0.5, 0.6) is 0 Å². The first-order chi connectivity index (χ1) is 14.4. The molecule has 0 aliphatic rings. The molecule has 0 spiro atoms. The summed E-state index contributed by atoms with van der Waals surface area (Å²) in [7, 11) is 3.84. The summed E-state index contributed by atoms with van der Waals surface area (Å²) in [5.41, 5.74) is 1.76. The molecular weight excluding hydrogens is 414 g/mol. The summed E-state index contributed by atoms with van der Waals surface area (Å²) in [6, 6.07) is 15.4. The Morgan fingerprint density at radius 1 is 1.00 bits per heavy atom. The smallest absolute Gasteiger partial charge is 0.336 e. The molecule has 0 saturated carbocycles. The zero-order valence-corrected chi connectivity index (χ0v) is 18.4. The fourth-order valence-corrected chi connectivity index (χ4v) is 4.39. The van der Waals surface area contributed by atoms with E-state index in [1.165, 1.54) is 4.57 Å². The molecule has 1 N–H and O–H groups in total. The molecule has 3 aromatic carbocycles. The van der Waals surface area contributed by atoms with Crippen molar-refractivity contribution < 1.29 is 5.11 Å². The third kappa shape index (κ3) is 3.10. The summed E-state index contributed by atoms with van der Waals surface area (Å²) in [6.45, 7) is 2.69. The first-order valence-corrected chi connectivity index (χ1v) is 10.1. The van der Waals surface area contributed by atoms with Gasteiger partial charge in [-0.1, -0.05) is 30.3 Å². The molecule has 0 aliphatic heterocycles. The van der Waals surface area contributed by atoms with Gasteiger partial charge in [0.15, 0.2) is 0 Å². The summed E-state index contributed by atoms with van der Waals surface area (Å²) in [6.07, 6.45) is -0.551. The standard InChI is InChI=1S/C24H23N3O3.ClH/c1-14(28)15-7-9-17-16(13-15)8-10-20-21(17)18-5-4-6-19-22(18)27(20)24(30)26(23(19)29)12-11-25(2)3;/h4-10,13-14,28H,11-12H2,1-3H3;1H. The molecule has 0 aliphatic carbocycles. The fourth-order valence-electron chi connectivity index (χ4n) is 4.39. The lowest BCUT2D eigenvalue weighted by atomic mass is 10.00. The van der Waals surface area contributed by atoms with Gasteiger partial charge in [0.25, 0.3) is 5.56 Å². The number of aliphatic hydroxyl groups excluding tert-OH is 1. The van der Waals surface area contributed by atoms with Crippen molar-refractivity contribution in [1.29, 1.82) is 0 Å². The number of halogens is 1. The van der Waals surface area contributed by atoms with Crippen molar-refractivity contribution in [3.05, 3.63) is 74.9 Å². The molecule has 1 atom stereocenters. The van der Waals surface area contributed by atoms with Crippen molar-refractivity contribution in [1.82, 2.24) is 13.9 Å². The van der Waals surface area contributed by atoms with Crippen LogP contribution in [-0.2, 0) is 6.54 Å². The van der Waals surface area contributed by atoms with Gasteiger partial charge in [-0.15, -0.1) is 12.4 Å². The molecule has 0 radical (unpaired) electrons. The van der Waals surface area contributed by atoms with E-state index in [0.717, 1.165) is 32.6 Å². The zero-order chi connectivity index (χ0) is 21.2. The summed E-state index contributed by atoms with van der Waals surface area (Å²) >= 11 is 0. The van der Waals surface area contributed by atoms with Crippen LogP contribution in [0.4, 0.5) is 0 Å². The normalized spacial score (nSPS) is 12.9. The van der Waals surface area contributed by atoms with E-state index in [9.17, 15) is 14.7 Å². The van der Waals surface area contributed by atoms with Crippen molar-refractivity contribution in [2.45, 2.75) is 19.6 Å². The Labute approximate surface area is 184 Å². The van der Waals surface area contributed by atoms with Crippen molar-refractivity contribution in [2.24, 2.45) is 0 Å². The molecule has 2 aromatic heterocycles. The van der Waals surface area contributed by atoms with Gasteiger partial charge in [-0.3, -0.25) is 13.8 Å². The molecule has 1 unspecified atom stereocenters. The lowest BCUT2D eigenvalue weighted by Gasteiger charge is -2.12. The topological polar surface area (TPSA) is 67.0 Å². The van der Waals surface area contributed by atoms with Crippen LogP contribution in [0.3, 0.4) is 0 Å². The van der Waals surface area contributed by atoms with Crippen molar-refractivity contribution >= 4 is 50.4 Å².